The van der Waals surface area contributed by atoms with Gasteiger partial charge < -0.3 is 9.84 Å². The van der Waals surface area contributed by atoms with Crippen molar-refractivity contribution in [2.75, 3.05) is 6.54 Å². The summed E-state index contributed by atoms with van der Waals surface area (Å²) in [7, 11) is 0. The molecule has 1 aromatic carbocycles. The average molecular weight is 418 g/mol. The number of benzene rings is 1. The molecule has 1 amide bonds. The van der Waals surface area contributed by atoms with E-state index in [1.165, 1.54) is 49.0 Å². The van der Waals surface area contributed by atoms with Crippen molar-refractivity contribution in [3.63, 3.8) is 0 Å². The molecule has 1 fully saturated rings. The summed E-state index contributed by atoms with van der Waals surface area (Å²) in [6.07, 6.45) is 8.08. The van der Waals surface area contributed by atoms with Gasteiger partial charge in [-0.25, -0.2) is 4.79 Å². The van der Waals surface area contributed by atoms with Crippen LogP contribution < -0.4 is 0 Å². The zero-order valence-electron chi connectivity index (χ0n) is 19.2. The van der Waals surface area contributed by atoms with Gasteiger partial charge in [0.05, 0.1) is 18.7 Å². The van der Waals surface area contributed by atoms with Gasteiger partial charge in [-0.1, -0.05) is 63.3 Å². The number of ketones is 1. The number of carbonyl (C=O) groups excluding carboxylic acids is 2. The molecule has 2 rings (SSSR count). The molecule has 5 nitrogen and oxygen atoms in total. The normalized spacial score (nSPS) is 19.2. The number of amides is 1. The molecule has 5 heteroatoms. The first kappa shape index (κ1) is 24.4. The fraction of sp³-hybridized carbons (Fsp3) is 0.680. The Morgan fingerprint density at radius 3 is 2.27 bits per heavy atom. The number of unbranched alkanes of at least 4 members (excludes halogenated alkanes) is 5. The maximum atomic E-state index is 12.9. The summed E-state index contributed by atoms with van der Waals surface area (Å²) in [6, 6.07) is 7.59. The minimum Gasteiger partial charge on any atom is -0.444 e. The minimum atomic E-state index is -0.689. The van der Waals surface area contributed by atoms with Crippen LogP contribution in [0.2, 0.25) is 0 Å². The van der Waals surface area contributed by atoms with Gasteiger partial charge in [0, 0.05) is 12.8 Å². The van der Waals surface area contributed by atoms with Crippen LogP contribution in [0.1, 0.15) is 83.8 Å². The highest BCUT2D eigenvalue weighted by Crippen LogP contribution is 2.23. The maximum absolute atomic E-state index is 12.9. The molecule has 1 saturated heterocycles. The number of aliphatic hydroxyl groups excluding tert-OH is 1. The summed E-state index contributed by atoms with van der Waals surface area (Å²) in [5, 5.41) is 10.0. The third-order valence-corrected chi connectivity index (χ3v) is 5.50. The molecule has 30 heavy (non-hydrogen) atoms. The van der Waals surface area contributed by atoms with Crippen LogP contribution in [0.25, 0.3) is 0 Å². The predicted octanol–water partition coefficient (Wildman–Crippen LogP) is 5.07. The fourth-order valence-electron chi connectivity index (χ4n) is 3.89. The van der Waals surface area contributed by atoms with Gasteiger partial charge in [-0.05, 0) is 44.7 Å². The van der Waals surface area contributed by atoms with E-state index in [2.05, 4.69) is 19.1 Å². The second kappa shape index (κ2) is 11.5. The molecule has 1 heterocycles. The number of carbonyl (C=O) groups is 2. The van der Waals surface area contributed by atoms with Gasteiger partial charge in [-0.2, -0.15) is 0 Å². The van der Waals surface area contributed by atoms with Gasteiger partial charge in [-0.15, -0.1) is 0 Å². The van der Waals surface area contributed by atoms with Crippen LogP contribution in [0, 0.1) is 0 Å². The molecule has 0 saturated carbocycles. The second-order valence-corrected chi connectivity index (χ2v) is 9.52. The second-order valence-electron chi connectivity index (χ2n) is 9.52. The highest BCUT2D eigenvalue weighted by molar-refractivity contribution is 5.89. The molecule has 0 radical (unpaired) electrons. The van der Waals surface area contributed by atoms with Crippen LogP contribution >= 0.6 is 0 Å². The number of aryl methyl sites for hydroxylation is 1. The molecule has 168 valence electrons. The Morgan fingerprint density at radius 2 is 1.63 bits per heavy atom. The van der Waals surface area contributed by atoms with Crippen molar-refractivity contribution in [3.8, 4) is 0 Å². The van der Waals surface area contributed by atoms with Crippen molar-refractivity contribution in [1.29, 1.82) is 0 Å². The van der Waals surface area contributed by atoms with Crippen LogP contribution in [0.15, 0.2) is 24.3 Å². The van der Waals surface area contributed by atoms with Gasteiger partial charge in [-0.3, -0.25) is 9.69 Å². The Kier molecular flexibility index (Phi) is 9.35. The lowest BCUT2D eigenvalue weighted by molar-refractivity contribution is -0.122. The number of hydrogen-bond acceptors (Lipinski definition) is 4. The molecule has 2 atom stereocenters. The summed E-state index contributed by atoms with van der Waals surface area (Å²) < 4.78 is 5.41. The summed E-state index contributed by atoms with van der Waals surface area (Å²) in [6.45, 7) is 7.75. The maximum Gasteiger partial charge on any atom is 0.410 e. The molecule has 1 aliphatic rings. The van der Waals surface area contributed by atoms with Crippen molar-refractivity contribution in [1.82, 2.24) is 4.90 Å². The number of rotatable bonds is 10. The van der Waals surface area contributed by atoms with E-state index in [4.69, 9.17) is 4.74 Å². The van der Waals surface area contributed by atoms with E-state index >= 15 is 0 Å². The van der Waals surface area contributed by atoms with E-state index in [-0.39, 0.29) is 25.2 Å². The number of Topliss-reactive ketones (excluding diaryl/α,β-unsaturated/α-hetero) is 1. The SMILES string of the molecule is CCCCCCCCc1ccc(CC(=O)[C@@H]2C[C@@H](O)CN2C(=O)OC(C)(C)C)cc1. The van der Waals surface area contributed by atoms with E-state index in [1.54, 1.807) is 20.8 Å². The molecule has 1 aliphatic heterocycles. The van der Waals surface area contributed by atoms with E-state index in [0.29, 0.717) is 0 Å². The Hall–Kier alpha value is -1.88. The molecular formula is C25H39NO4. The van der Waals surface area contributed by atoms with E-state index < -0.39 is 23.8 Å². The Labute approximate surface area is 181 Å². The molecular weight excluding hydrogens is 378 g/mol. The lowest BCUT2D eigenvalue weighted by Crippen LogP contribution is -2.44. The highest BCUT2D eigenvalue weighted by Gasteiger charge is 2.40. The lowest BCUT2D eigenvalue weighted by Gasteiger charge is -2.27. The number of nitrogens with zero attached hydrogens (tertiary/aromatic N) is 1. The van der Waals surface area contributed by atoms with Crippen molar-refractivity contribution in [3.05, 3.63) is 35.4 Å². The first-order chi connectivity index (χ1) is 14.2. The Balaban J connectivity index is 1.86. The molecule has 0 aliphatic carbocycles. The summed E-state index contributed by atoms with van der Waals surface area (Å²) in [5.41, 5.74) is 1.61. The largest absolute Gasteiger partial charge is 0.444 e. The van der Waals surface area contributed by atoms with Crippen LogP contribution in [0.3, 0.4) is 0 Å². The monoisotopic (exact) mass is 417 g/mol. The van der Waals surface area contributed by atoms with Gasteiger partial charge in [0.2, 0.25) is 0 Å². The number of hydrogen-bond donors (Lipinski definition) is 1. The van der Waals surface area contributed by atoms with Crippen LogP contribution in [0.4, 0.5) is 4.79 Å². The number of ether oxygens (including phenoxy) is 1. The quantitative estimate of drug-likeness (QED) is 0.540. The zero-order chi connectivity index (χ0) is 22.1. The zero-order valence-corrected chi connectivity index (χ0v) is 19.2. The number of aliphatic hydroxyl groups is 1. The summed E-state index contributed by atoms with van der Waals surface area (Å²) >= 11 is 0. The standard InChI is InChI=1S/C25H39NO4/c1-5-6-7-8-9-10-11-19-12-14-20(15-13-19)16-23(28)22-17-21(27)18-26(22)24(29)30-25(2,3)4/h12-15,21-22,27H,5-11,16-18H2,1-4H3/t21-,22+/m1/s1. The van der Waals surface area contributed by atoms with Gasteiger partial charge >= 0.3 is 6.09 Å². The highest BCUT2D eigenvalue weighted by atomic mass is 16.6. The molecule has 0 bridgehead atoms. The fourth-order valence-corrected chi connectivity index (χ4v) is 3.89. The minimum absolute atomic E-state index is 0.0546. The Morgan fingerprint density at radius 1 is 1.03 bits per heavy atom. The molecule has 0 aromatic heterocycles. The van der Waals surface area contributed by atoms with Gasteiger partial charge in [0.25, 0.3) is 0 Å². The van der Waals surface area contributed by atoms with Crippen LogP contribution in [-0.2, 0) is 22.4 Å². The molecule has 1 aromatic rings. The lowest BCUT2D eigenvalue weighted by atomic mass is 9.99. The number of likely N-dealkylation sites (tertiary alicyclic amines) is 1. The summed E-state index contributed by atoms with van der Waals surface area (Å²) in [4.78, 5) is 26.7. The number of β-amino-alcohol motifs (C(OH)–C–C–N with tert-alkyl or cyclic N) is 1. The van der Waals surface area contributed by atoms with E-state index in [1.807, 2.05) is 12.1 Å². The summed E-state index contributed by atoms with van der Waals surface area (Å²) in [5.74, 6) is -0.0546. The van der Waals surface area contributed by atoms with Crippen molar-refractivity contribution >= 4 is 11.9 Å². The van der Waals surface area contributed by atoms with Crippen molar-refractivity contribution in [2.45, 2.75) is 103 Å². The third kappa shape index (κ3) is 8.10. The predicted molar refractivity (Wildman–Crippen MR) is 120 cm³/mol. The van der Waals surface area contributed by atoms with Crippen LogP contribution in [0.5, 0.6) is 0 Å². The average Bonchev–Trinajstić information content (AvgIpc) is 3.07. The van der Waals surface area contributed by atoms with Crippen molar-refractivity contribution < 1.29 is 19.4 Å². The third-order valence-electron chi connectivity index (χ3n) is 5.50. The topological polar surface area (TPSA) is 66.8 Å². The smallest absolute Gasteiger partial charge is 0.410 e. The first-order valence-corrected chi connectivity index (χ1v) is 11.5. The van der Waals surface area contributed by atoms with Gasteiger partial charge in [0.15, 0.2) is 5.78 Å². The van der Waals surface area contributed by atoms with E-state index in [9.17, 15) is 14.7 Å². The van der Waals surface area contributed by atoms with E-state index in [0.717, 1.165) is 12.0 Å². The molecule has 1 N–H and O–H groups in total. The Bertz CT molecular complexity index is 677. The molecule has 0 unspecified atom stereocenters. The van der Waals surface area contributed by atoms with Crippen molar-refractivity contribution in [2.24, 2.45) is 0 Å². The van der Waals surface area contributed by atoms with Gasteiger partial charge in [0.1, 0.15) is 5.60 Å². The molecule has 0 spiro atoms. The first-order valence-electron chi connectivity index (χ1n) is 11.5. The van der Waals surface area contributed by atoms with Crippen LogP contribution in [-0.4, -0.2) is 46.2 Å².